The second-order valence-corrected chi connectivity index (χ2v) is 5.16. The van der Waals surface area contributed by atoms with Crippen LogP contribution in [0.25, 0.3) is 11.0 Å². The Labute approximate surface area is 117 Å². The number of para-hydroxylation sites is 1. The lowest BCUT2D eigenvalue weighted by atomic mass is 9.92. The molecule has 5 nitrogen and oxygen atoms in total. The third-order valence-corrected chi connectivity index (χ3v) is 3.79. The first-order chi connectivity index (χ1) is 9.75. The number of hydrogen-bond acceptors (Lipinski definition) is 4. The Morgan fingerprint density at radius 3 is 2.85 bits per heavy atom. The molecule has 104 valence electrons. The van der Waals surface area contributed by atoms with Crippen molar-refractivity contribution in [3.63, 3.8) is 0 Å². The van der Waals surface area contributed by atoms with Crippen molar-refractivity contribution < 1.29 is 9.90 Å². The number of nitrogens with zero attached hydrogens (tertiary/aromatic N) is 2. The molecule has 2 atom stereocenters. The molecule has 0 radical (unpaired) electrons. The van der Waals surface area contributed by atoms with E-state index in [9.17, 15) is 9.90 Å². The topological polar surface area (TPSA) is 75.1 Å². The van der Waals surface area contributed by atoms with Crippen molar-refractivity contribution in [3.8, 4) is 0 Å². The number of carbonyl (C=O) groups excluding carboxylic acids is 1. The SMILES string of the molecule is O=C(NC1CCCCC1O)c1cccc2nccnc12. The van der Waals surface area contributed by atoms with Crippen molar-refractivity contribution in [1.82, 2.24) is 15.3 Å². The highest BCUT2D eigenvalue weighted by Gasteiger charge is 2.25. The maximum absolute atomic E-state index is 12.4. The van der Waals surface area contributed by atoms with Gasteiger partial charge in [-0.15, -0.1) is 0 Å². The quantitative estimate of drug-likeness (QED) is 0.871. The summed E-state index contributed by atoms with van der Waals surface area (Å²) in [6, 6.07) is 5.20. The predicted octanol–water partition coefficient (Wildman–Crippen LogP) is 1.66. The molecule has 0 spiro atoms. The molecule has 20 heavy (non-hydrogen) atoms. The number of rotatable bonds is 2. The first-order valence-corrected chi connectivity index (χ1v) is 6.94. The van der Waals surface area contributed by atoms with E-state index in [2.05, 4.69) is 15.3 Å². The molecular weight excluding hydrogens is 254 g/mol. The van der Waals surface area contributed by atoms with Gasteiger partial charge in [0.15, 0.2) is 0 Å². The van der Waals surface area contributed by atoms with Crippen LogP contribution in [0.1, 0.15) is 36.0 Å². The van der Waals surface area contributed by atoms with Crippen LogP contribution in [0.4, 0.5) is 0 Å². The molecule has 2 unspecified atom stereocenters. The van der Waals surface area contributed by atoms with Crippen LogP contribution in [0.15, 0.2) is 30.6 Å². The predicted molar refractivity (Wildman–Crippen MR) is 75.3 cm³/mol. The van der Waals surface area contributed by atoms with Crippen molar-refractivity contribution >= 4 is 16.9 Å². The van der Waals surface area contributed by atoms with Gasteiger partial charge in [-0.25, -0.2) is 0 Å². The Hall–Kier alpha value is -2.01. The number of hydrogen-bond donors (Lipinski definition) is 2. The Morgan fingerprint density at radius 2 is 2.00 bits per heavy atom. The summed E-state index contributed by atoms with van der Waals surface area (Å²) < 4.78 is 0. The van der Waals surface area contributed by atoms with E-state index >= 15 is 0 Å². The smallest absolute Gasteiger partial charge is 0.253 e. The first-order valence-electron chi connectivity index (χ1n) is 6.94. The minimum absolute atomic E-state index is 0.164. The Kier molecular flexibility index (Phi) is 3.60. The molecule has 5 heteroatoms. The fourth-order valence-electron chi connectivity index (χ4n) is 2.70. The summed E-state index contributed by atoms with van der Waals surface area (Å²) >= 11 is 0. The molecule has 1 fully saturated rings. The Balaban J connectivity index is 1.85. The summed E-state index contributed by atoms with van der Waals surface area (Å²) in [6.45, 7) is 0. The van der Waals surface area contributed by atoms with Gasteiger partial charge in [0.25, 0.3) is 5.91 Å². The largest absolute Gasteiger partial charge is 0.391 e. The average molecular weight is 271 g/mol. The molecule has 1 heterocycles. The number of aromatic nitrogens is 2. The van der Waals surface area contributed by atoms with Crippen LogP contribution in [0.5, 0.6) is 0 Å². The minimum Gasteiger partial charge on any atom is -0.391 e. The molecule has 0 bridgehead atoms. The van der Waals surface area contributed by atoms with Gasteiger partial charge < -0.3 is 10.4 Å². The lowest BCUT2D eigenvalue weighted by Gasteiger charge is -2.28. The van der Waals surface area contributed by atoms with Crippen LogP contribution in [0.3, 0.4) is 0 Å². The molecule has 1 aromatic heterocycles. The number of carbonyl (C=O) groups is 1. The summed E-state index contributed by atoms with van der Waals surface area (Å²) in [5.41, 5.74) is 1.80. The maximum atomic E-state index is 12.4. The van der Waals surface area contributed by atoms with Gasteiger partial charge in [-0.3, -0.25) is 14.8 Å². The molecule has 2 aromatic rings. The van der Waals surface area contributed by atoms with Gasteiger partial charge in [0.1, 0.15) is 5.52 Å². The zero-order valence-corrected chi connectivity index (χ0v) is 11.1. The molecular formula is C15H17N3O2. The zero-order valence-electron chi connectivity index (χ0n) is 11.1. The van der Waals surface area contributed by atoms with Gasteiger partial charge >= 0.3 is 0 Å². The standard InChI is InChI=1S/C15H17N3O2/c19-13-7-2-1-5-11(13)18-15(20)10-4-3-6-12-14(10)17-9-8-16-12/h3-4,6,8-9,11,13,19H,1-2,5,7H2,(H,18,20). The van der Waals surface area contributed by atoms with Gasteiger partial charge in [0.05, 0.1) is 23.2 Å². The lowest BCUT2D eigenvalue weighted by molar-refractivity contribution is 0.0718. The number of benzene rings is 1. The molecule has 1 aromatic carbocycles. The molecule has 2 N–H and O–H groups in total. The molecule has 1 aliphatic rings. The third-order valence-electron chi connectivity index (χ3n) is 3.79. The molecule has 0 aliphatic heterocycles. The van der Waals surface area contributed by atoms with E-state index < -0.39 is 6.10 Å². The van der Waals surface area contributed by atoms with Gasteiger partial charge in [-0.05, 0) is 25.0 Å². The van der Waals surface area contributed by atoms with Crippen LogP contribution in [0, 0.1) is 0 Å². The summed E-state index contributed by atoms with van der Waals surface area (Å²) in [5, 5.41) is 12.9. The van der Waals surface area contributed by atoms with E-state index in [1.54, 1.807) is 24.5 Å². The van der Waals surface area contributed by atoms with Crippen LogP contribution in [-0.4, -0.2) is 33.1 Å². The minimum atomic E-state index is -0.450. The number of fused-ring (bicyclic) bond motifs is 1. The second kappa shape index (κ2) is 5.54. The normalized spacial score (nSPS) is 22.6. The summed E-state index contributed by atoms with van der Waals surface area (Å²) in [7, 11) is 0. The Bertz CT molecular complexity index is 624. The van der Waals surface area contributed by atoms with E-state index in [1.165, 1.54) is 0 Å². The van der Waals surface area contributed by atoms with Crippen molar-refractivity contribution in [1.29, 1.82) is 0 Å². The van der Waals surface area contributed by atoms with E-state index in [-0.39, 0.29) is 11.9 Å². The molecule has 1 aliphatic carbocycles. The van der Waals surface area contributed by atoms with Crippen LogP contribution in [-0.2, 0) is 0 Å². The fourth-order valence-corrected chi connectivity index (χ4v) is 2.70. The van der Waals surface area contributed by atoms with Crippen molar-refractivity contribution in [2.45, 2.75) is 37.8 Å². The molecule has 0 saturated heterocycles. The van der Waals surface area contributed by atoms with Crippen LogP contribution in [0.2, 0.25) is 0 Å². The van der Waals surface area contributed by atoms with Gasteiger partial charge in [-0.2, -0.15) is 0 Å². The van der Waals surface area contributed by atoms with Gasteiger partial charge in [0.2, 0.25) is 0 Å². The molecule has 3 rings (SSSR count). The number of aliphatic hydroxyl groups excluding tert-OH is 1. The van der Waals surface area contributed by atoms with Gasteiger partial charge in [0, 0.05) is 12.4 Å². The number of amides is 1. The average Bonchev–Trinajstić information content (AvgIpc) is 2.49. The van der Waals surface area contributed by atoms with E-state index in [4.69, 9.17) is 0 Å². The molecule has 1 amide bonds. The third kappa shape index (κ3) is 2.49. The van der Waals surface area contributed by atoms with E-state index in [0.29, 0.717) is 16.6 Å². The summed E-state index contributed by atoms with van der Waals surface area (Å²) in [6.07, 6.45) is 6.37. The van der Waals surface area contributed by atoms with E-state index in [0.717, 1.165) is 25.7 Å². The second-order valence-electron chi connectivity index (χ2n) is 5.16. The summed E-state index contributed by atoms with van der Waals surface area (Å²) in [4.78, 5) is 20.8. The molecule has 1 saturated carbocycles. The van der Waals surface area contributed by atoms with Crippen molar-refractivity contribution in [2.24, 2.45) is 0 Å². The highest BCUT2D eigenvalue weighted by Crippen LogP contribution is 2.20. The summed E-state index contributed by atoms with van der Waals surface area (Å²) in [5.74, 6) is -0.193. The van der Waals surface area contributed by atoms with E-state index in [1.807, 2.05) is 6.07 Å². The highest BCUT2D eigenvalue weighted by atomic mass is 16.3. The monoisotopic (exact) mass is 271 g/mol. The van der Waals surface area contributed by atoms with Crippen LogP contribution < -0.4 is 5.32 Å². The fraction of sp³-hybridized carbons (Fsp3) is 0.400. The Morgan fingerprint density at radius 1 is 1.20 bits per heavy atom. The number of aliphatic hydroxyl groups is 1. The van der Waals surface area contributed by atoms with Crippen molar-refractivity contribution in [2.75, 3.05) is 0 Å². The lowest BCUT2D eigenvalue weighted by Crippen LogP contribution is -2.45. The zero-order chi connectivity index (χ0) is 13.9. The maximum Gasteiger partial charge on any atom is 0.253 e. The highest BCUT2D eigenvalue weighted by molar-refractivity contribution is 6.04. The van der Waals surface area contributed by atoms with Crippen molar-refractivity contribution in [3.05, 3.63) is 36.2 Å². The first kappa shape index (κ1) is 13.0. The van der Waals surface area contributed by atoms with Gasteiger partial charge in [-0.1, -0.05) is 18.9 Å². The number of nitrogens with one attached hydrogen (secondary N) is 1. The van der Waals surface area contributed by atoms with Crippen LogP contribution >= 0.6 is 0 Å².